The zero-order chi connectivity index (χ0) is 20.6. The highest BCUT2D eigenvalue weighted by atomic mass is 127. The molecule has 2 aliphatic heterocycles. The molecule has 1 unspecified atom stereocenters. The molecule has 6 nitrogen and oxygen atoms in total. The SMILES string of the molecule is CCN1CCC(CCNC(=NC)N2CCC(c3cc(OC)cc(OC)c3)C2)CC1.I. The number of nitrogens with one attached hydrogen (secondary N) is 1. The van der Waals surface area contributed by atoms with Crippen molar-refractivity contribution in [2.24, 2.45) is 10.9 Å². The summed E-state index contributed by atoms with van der Waals surface area (Å²) in [5.41, 5.74) is 1.28. The monoisotopic (exact) mass is 530 g/mol. The summed E-state index contributed by atoms with van der Waals surface area (Å²) in [5, 5.41) is 3.61. The second kappa shape index (κ2) is 12.6. The number of rotatable bonds is 7. The van der Waals surface area contributed by atoms with Gasteiger partial charge in [0, 0.05) is 38.7 Å². The highest BCUT2D eigenvalue weighted by molar-refractivity contribution is 14.0. The van der Waals surface area contributed by atoms with Gasteiger partial charge < -0.3 is 24.6 Å². The first-order valence-electron chi connectivity index (χ1n) is 11.1. The molecule has 0 aliphatic carbocycles. The third-order valence-corrected chi connectivity index (χ3v) is 6.53. The van der Waals surface area contributed by atoms with E-state index in [2.05, 4.69) is 39.2 Å². The number of halogens is 1. The Morgan fingerprint density at radius 1 is 1.07 bits per heavy atom. The lowest BCUT2D eigenvalue weighted by atomic mass is 9.93. The predicted octanol–water partition coefficient (Wildman–Crippen LogP) is 3.81. The summed E-state index contributed by atoms with van der Waals surface area (Å²) < 4.78 is 10.9. The molecule has 0 aromatic heterocycles. The van der Waals surface area contributed by atoms with Crippen molar-refractivity contribution in [1.29, 1.82) is 0 Å². The lowest BCUT2D eigenvalue weighted by Crippen LogP contribution is -2.41. The lowest BCUT2D eigenvalue weighted by Gasteiger charge is -2.31. The van der Waals surface area contributed by atoms with Crippen LogP contribution in [0.2, 0.25) is 0 Å². The number of hydrogen-bond donors (Lipinski definition) is 1. The standard InChI is InChI=1S/C23H38N4O2.HI/c1-5-26-11-7-18(8-12-26)6-10-25-23(24-2)27-13-9-19(17-27)20-14-21(28-3)16-22(15-20)29-4;/h14-16,18-19H,5-13,17H2,1-4H3,(H,24,25);1H. The van der Waals surface area contributed by atoms with Crippen LogP contribution in [0, 0.1) is 5.92 Å². The van der Waals surface area contributed by atoms with Crippen molar-refractivity contribution >= 4 is 29.9 Å². The van der Waals surface area contributed by atoms with E-state index in [1.807, 2.05) is 13.1 Å². The summed E-state index contributed by atoms with van der Waals surface area (Å²) in [5.74, 6) is 4.06. The number of nitrogens with zero attached hydrogens (tertiary/aromatic N) is 3. The quantitative estimate of drug-likeness (QED) is 0.330. The number of ether oxygens (including phenoxy) is 2. The molecule has 0 bridgehead atoms. The minimum absolute atomic E-state index is 0. The molecule has 1 aromatic rings. The molecule has 1 atom stereocenters. The maximum atomic E-state index is 5.44. The largest absolute Gasteiger partial charge is 0.497 e. The number of likely N-dealkylation sites (tertiary alicyclic amines) is 2. The molecule has 1 aromatic carbocycles. The Bertz CT molecular complexity index is 655. The molecule has 2 aliphatic rings. The maximum Gasteiger partial charge on any atom is 0.193 e. The Balaban J connectivity index is 0.00000320. The Morgan fingerprint density at radius 3 is 2.30 bits per heavy atom. The fourth-order valence-corrected chi connectivity index (χ4v) is 4.60. The van der Waals surface area contributed by atoms with Crippen molar-refractivity contribution in [3.05, 3.63) is 23.8 Å². The van der Waals surface area contributed by atoms with Gasteiger partial charge in [-0.1, -0.05) is 6.92 Å². The van der Waals surface area contributed by atoms with E-state index >= 15 is 0 Å². The van der Waals surface area contributed by atoms with E-state index in [4.69, 9.17) is 9.47 Å². The van der Waals surface area contributed by atoms with Crippen molar-refractivity contribution < 1.29 is 9.47 Å². The molecule has 0 spiro atoms. The number of hydrogen-bond acceptors (Lipinski definition) is 4. The molecule has 1 N–H and O–H groups in total. The molecule has 7 heteroatoms. The minimum Gasteiger partial charge on any atom is -0.497 e. The molecule has 2 saturated heterocycles. The van der Waals surface area contributed by atoms with E-state index in [0.29, 0.717) is 5.92 Å². The molecule has 2 heterocycles. The van der Waals surface area contributed by atoms with Crippen LogP contribution in [0.3, 0.4) is 0 Å². The number of guanidine groups is 1. The Morgan fingerprint density at radius 2 is 1.73 bits per heavy atom. The van der Waals surface area contributed by atoms with E-state index in [1.54, 1.807) is 14.2 Å². The van der Waals surface area contributed by atoms with Crippen LogP contribution in [-0.4, -0.2) is 76.3 Å². The van der Waals surface area contributed by atoms with E-state index in [1.165, 1.54) is 44.5 Å². The van der Waals surface area contributed by atoms with E-state index in [9.17, 15) is 0 Å². The van der Waals surface area contributed by atoms with Gasteiger partial charge in [-0.25, -0.2) is 0 Å². The fraction of sp³-hybridized carbons (Fsp3) is 0.696. The van der Waals surface area contributed by atoms with Gasteiger partial charge in [0.15, 0.2) is 5.96 Å². The molecular weight excluding hydrogens is 491 g/mol. The highest BCUT2D eigenvalue weighted by Crippen LogP contribution is 2.33. The lowest BCUT2D eigenvalue weighted by molar-refractivity contribution is 0.187. The number of methoxy groups -OCH3 is 2. The van der Waals surface area contributed by atoms with E-state index < -0.39 is 0 Å². The van der Waals surface area contributed by atoms with Gasteiger partial charge >= 0.3 is 0 Å². The minimum atomic E-state index is 0. The second-order valence-corrected chi connectivity index (χ2v) is 8.22. The Labute approximate surface area is 199 Å². The average molecular weight is 530 g/mol. The molecule has 170 valence electrons. The zero-order valence-electron chi connectivity index (χ0n) is 19.0. The fourth-order valence-electron chi connectivity index (χ4n) is 4.60. The number of benzene rings is 1. The van der Waals surface area contributed by atoms with Crippen molar-refractivity contribution in [3.8, 4) is 11.5 Å². The third-order valence-electron chi connectivity index (χ3n) is 6.53. The van der Waals surface area contributed by atoms with Crippen LogP contribution in [0.25, 0.3) is 0 Å². The molecule has 0 saturated carbocycles. The summed E-state index contributed by atoms with van der Waals surface area (Å²) in [7, 11) is 5.30. The second-order valence-electron chi connectivity index (χ2n) is 8.22. The number of piperidine rings is 1. The van der Waals surface area contributed by atoms with Gasteiger partial charge in [-0.2, -0.15) is 0 Å². The normalized spacial score (nSPS) is 20.7. The summed E-state index contributed by atoms with van der Waals surface area (Å²) in [6.45, 7) is 8.98. The van der Waals surface area contributed by atoms with Gasteiger partial charge in [0.25, 0.3) is 0 Å². The van der Waals surface area contributed by atoms with Crippen LogP contribution in [0.5, 0.6) is 11.5 Å². The van der Waals surface area contributed by atoms with Crippen molar-refractivity contribution in [2.45, 2.75) is 38.5 Å². The van der Waals surface area contributed by atoms with Crippen molar-refractivity contribution in [2.75, 3.05) is 60.5 Å². The molecule has 2 fully saturated rings. The number of aliphatic imine (C=N–C) groups is 1. The summed E-state index contributed by atoms with van der Waals surface area (Å²) >= 11 is 0. The highest BCUT2D eigenvalue weighted by Gasteiger charge is 2.27. The van der Waals surface area contributed by atoms with E-state index in [0.717, 1.165) is 49.4 Å². The molecule has 0 amide bonds. The van der Waals surface area contributed by atoms with Crippen LogP contribution in [0.15, 0.2) is 23.2 Å². The molecule has 30 heavy (non-hydrogen) atoms. The zero-order valence-corrected chi connectivity index (χ0v) is 21.4. The van der Waals surface area contributed by atoms with Crippen LogP contribution < -0.4 is 14.8 Å². The first-order valence-corrected chi connectivity index (χ1v) is 11.1. The Hall–Kier alpha value is -1.22. The smallest absolute Gasteiger partial charge is 0.193 e. The van der Waals surface area contributed by atoms with E-state index in [-0.39, 0.29) is 24.0 Å². The first-order chi connectivity index (χ1) is 14.2. The summed E-state index contributed by atoms with van der Waals surface area (Å²) in [6, 6.07) is 6.20. The Kier molecular flexibility index (Phi) is 10.5. The summed E-state index contributed by atoms with van der Waals surface area (Å²) in [4.78, 5) is 9.49. The van der Waals surface area contributed by atoms with Crippen molar-refractivity contribution in [1.82, 2.24) is 15.1 Å². The van der Waals surface area contributed by atoms with Gasteiger partial charge in [0.2, 0.25) is 0 Å². The average Bonchev–Trinajstić information content (AvgIpc) is 3.26. The van der Waals surface area contributed by atoms with Crippen LogP contribution in [0.1, 0.15) is 44.1 Å². The third kappa shape index (κ3) is 6.64. The van der Waals surface area contributed by atoms with Gasteiger partial charge in [-0.05, 0) is 68.9 Å². The molecule has 0 radical (unpaired) electrons. The van der Waals surface area contributed by atoms with Gasteiger partial charge in [-0.3, -0.25) is 4.99 Å². The maximum absolute atomic E-state index is 5.44. The molecular formula is C23H39IN4O2. The van der Waals surface area contributed by atoms with Gasteiger partial charge in [-0.15, -0.1) is 24.0 Å². The topological polar surface area (TPSA) is 49.3 Å². The van der Waals surface area contributed by atoms with Gasteiger partial charge in [0.1, 0.15) is 11.5 Å². The van der Waals surface area contributed by atoms with Crippen LogP contribution in [-0.2, 0) is 0 Å². The van der Waals surface area contributed by atoms with Crippen molar-refractivity contribution in [3.63, 3.8) is 0 Å². The van der Waals surface area contributed by atoms with Crippen LogP contribution >= 0.6 is 24.0 Å². The van der Waals surface area contributed by atoms with Gasteiger partial charge in [0.05, 0.1) is 14.2 Å². The molecule has 3 rings (SSSR count). The van der Waals surface area contributed by atoms with Crippen LogP contribution in [0.4, 0.5) is 0 Å². The summed E-state index contributed by atoms with van der Waals surface area (Å²) in [6.07, 6.45) is 5.02. The predicted molar refractivity (Wildman–Crippen MR) is 135 cm³/mol. The first kappa shape index (κ1) is 25.0.